The predicted molar refractivity (Wildman–Crippen MR) is 93.3 cm³/mol. The summed E-state index contributed by atoms with van der Waals surface area (Å²) in [5, 5.41) is 10.9. The molecule has 1 saturated heterocycles. The van der Waals surface area contributed by atoms with Gasteiger partial charge in [-0.1, -0.05) is 12.1 Å². The number of rotatable bonds is 7. The van der Waals surface area contributed by atoms with E-state index in [-0.39, 0.29) is 49.1 Å². The Morgan fingerprint density at radius 1 is 1.38 bits per heavy atom. The zero-order chi connectivity index (χ0) is 19.4. The molecule has 4 amide bonds. The van der Waals surface area contributed by atoms with Gasteiger partial charge in [0.05, 0.1) is 11.0 Å². The smallest absolute Gasteiger partial charge is 0.326 e. The summed E-state index contributed by atoms with van der Waals surface area (Å²) in [4.78, 5) is 50.3. The predicted octanol–water partition coefficient (Wildman–Crippen LogP) is 1.79. The molecule has 1 aromatic rings. The van der Waals surface area contributed by atoms with E-state index in [0.717, 1.165) is 4.90 Å². The van der Waals surface area contributed by atoms with E-state index in [1.165, 1.54) is 21.9 Å². The average molecular weight is 362 g/mol. The normalized spacial score (nSPS) is 15.3. The van der Waals surface area contributed by atoms with Gasteiger partial charge in [0, 0.05) is 39.2 Å². The van der Waals surface area contributed by atoms with Crippen LogP contribution >= 0.6 is 0 Å². The molecule has 1 aliphatic rings. The summed E-state index contributed by atoms with van der Waals surface area (Å²) in [6.07, 6.45) is 0.548. The highest BCUT2D eigenvalue weighted by molar-refractivity contribution is 6.01. The number of likely N-dealkylation sites (N-methyl/N-ethyl adjacent to an activating group) is 1. The van der Waals surface area contributed by atoms with Gasteiger partial charge in [-0.05, 0) is 18.9 Å². The molecule has 1 fully saturated rings. The fourth-order valence-corrected chi connectivity index (χ4v) is 2.79. The Morgan fingerprint density at radius 2 is 2.08 bits per heavy atom. The highest BCUT2D eigenvalue weighted by Crippen LogP contribution is 2.23. The Hall–Kier alpha value is -2.97. The highest BCUT2D eigenvalue weighted by atomic mass is 16.6. The number of nitro benzene ring substituents is 1. The quantitative estimate of drug-likeness (QED) is 0.418. The number of urea groups is 1. The number of benzene rings is 1. The van der Waals surface area contributed by atoms with Crippen LogP contribution in [0.3, 0.4) is 0 Å². The summed E-state index contributed by atoms with van der Waals surface area (Å²) in [7, 11) is 3.19. The van der Waals surface area contributed by atoms with Gasteiger partial charge >= 0.3 is 6.03 Å². The number of amides is 4. The molecule has 0 unspecified atom stereocenters. The van der Waals surface area contributed by atoms with Crippen LogP contribution in [0.2, 0.25) is 0 Å². The number of carbonyl (C=O) groups is 3. The van der Waals surface area contributed by atoms with Crippen LogP contribution < -0.4 is 0 Å². The van der Waals surface area contributed by atoms with Crippen molar-refractivity contribution in [1.29, 1.82) is 0 Å². The summed E-state index contributed by atoms with van der Waals surface area (Å²) >= 11 is 0. The maximum Gasteiger partial charge on any atom is 0.326 e. The van der Waals surface area contributed by atoms with E-state index in [4.69, 9.17) is 0 Å². The Balaban J connectivity index is 1.91. The molecule has 1 aliphatic heterocycles. The summed E-state index contributed by atoms with van der Waals surface area (Å²) in [6, 6.07) is 5.50. The molecule has 1 heterocycles. The molecule has 0 saturated carbocycles. The van der Waals surface area contributed by atoms with Gasteiger partial charge in [0.2, 0.25) is 11.8 Å². The number of nitro groups is 1. The zero-order valence-corrected chi connectivity index (χ0v) is 15.0. The maximum atomic E-state index is 12.4. The Bertz CT molecular complexity index is 736. The largest absolute Gasteiger partial charge is 0.339 e. The molecule has 0 spiro atoms. The van der Waals surface area contributed by atoms with Crippen molar-refractivity contribution in [3.63, 3.8) is 0 Å². The Morgan fingerprint density at radius 3 is 2.65 bits per heavy atom. The van der Waals surface area contributed by atoms with Crippen LogP contribution in [0.25, 0.3) is 0 Å². The number of imide groups is 1. The van der Waals surface area contributed by atoms with Crippen LogP contribution in [0.4, 0.5) is 10.5 Å². The zero-order valence-electron chi connectivity index (χ0n) is 15.0. The van der Waals surface area contributed by atoms with Crippen LogP contribution in [-0.4, -0.2) is 64.7 Å². The molecule has 1 atom stereocenters. The third-order valence-corrected chi connectivity index (χ3v) is 4.54. The van der Waals surface area contributed by atoms with E-state index < -0.39 is 4.92 Å². The van der Waals surface area contributed by atoms with Crippen molar-refractivity contribution in [2.24, 2.45) is 0 Å². The molecule has 1 aromatic carbocycles. The van der Waals surface area contributed by atoms with Gasteiger partial charge in [0.15, 0.2) is 0 Å². The first-order valence-corrected chi connectivity index (χ1v) is 8.28. The lowest BCUT2D eigenvalue weighted by molar-refractivity contribution is -0.384. The summed E-state index contributed by atoms with van der Waals surface area (Å²) < 4.78 is 0. The van der Waals surface area contributed by atoms with E-state index in [9.17, 15) is 24.5 Å². The first-order chi connectivity index (χ1) is 12.2. The van der Waals surface area contributed by atoms with Crippen LogP contribution in [-0.2, 0) is 9.59 Å². The van der Waals surface area contributed by atoms with E-state index in [1.54, 1.807) is 33.2 Å². The lowest BCUT2D eigenvalue weighted by Crippen LogP contribution is -2.34. The van der Waals surface area contributed by atoms with Gasteiger partial charge in [-0.25, -0.2) is 4.79 Å². The number of carbonyl (C=O) groups excluding carboxylic acids is 3. The van der Waals surface area contributed by atoms with Gasteiger partial charge < -0.3 is 9.80 Å². The van der Waals surface area contributed by atoms with Crippen molar-refractivity contribution in [3.8, 4) is 0 Å². The second-order valence-corrected chi connectivity index (χ2v) is 6.32. The monoisotopic (exact) mass is 362 g/mol. The Labute approximate surface area is 151 Å². The van der Waals surface area contributed by atoms with E-state index in [0.29, 0.717) is 12.0 Å². The minimum atomic E-state index is -0.473. The Kier molecular flexibility index (Phi) is 5.91. The molecule has 0 N–H and O–H groups in total. The highest BCUT2D eigenvalue weighted by Gasteiger charge is 2.33. The topological polar surface area (TPSA) is 104 Å². The lowest BCUT2D eigenvalue weighted by atomic mass is 10.1. The van der Waals surface area contributed by atoms with Crippen molar-refractivity contribution in [3.05, 3.63) is 39.9 Å². The van der Waals surface area contributed by atoms with E-state index in [1.807, 2.05) is 0 Å². The van der Waals surface area contributed by atoms with Gasteiger partial charge in [-0.3, -0.25) is 24.6 Å². The second-order valence-electron chi connectivity index (χ2n) is 6.32. The van der Waals surface area contributed by atoms with Crippen molar-refractivity contribution in [2.75, 3.05) is 27.2 Å². The minimum absolute atomic E-state index is 0.0228. The number of non-ortho nitro benzene ring substituents is 1. The molecule has 9 nitrogen and oxygen atoms in total. The van der Waals surface area contributed by atoms with Crippen molar-refractivity contribution in [2.45, 2.75) is 25.8 Å². The molecule has 0 bridgehead atoms. The summed E-state index contributed by atoms with van der Waals surface area (Å²) in [5.74, 6) is -0.417. The molecule has 0 radical (unpaired) electrons. The first-order valence-electron chi connectivity index (χ1n) is 8.28. The van der Waals surface area contributed by atoms with Crippen LogP contribution in [0.1, 0.15) is 31.4 Å². The molecule has 2 rings (SSSR count). The molecule has 9 heteroatoms. The molecule has 0 aliphatic carbocycles. The average Bonchev–Trinajstić information content (AvgIpc) is 2.86. The fourth-order valence-electron chi connectivity index (χ4n) is 2.79. The molecule has 140 valence electrons. The molecule has 0 aromatic heterocycles. The SMILES string of the molecule is C[C@@H](c1cccc([N+](=O)[O-])c1)N(C)C(=O)CCCN1C(=O)CN(C)C1=O. The van der Waals surface area contributed by atoms with Crippen LogP contribution in [0.5, 0.6) is 0 Å². The van der Waals surface area contributed by atoms with Gasteiger partial charge in [0.1, 0.15) is 6.54 Å². The van der Waals surface area contributed by atoms with Gasteiger partial charge in [0.25, 0.3) is 5.69 Å². The van der Waals surface area contributed by atoms with Crippen molar-refractivity contribution < 1.29 is 19.3 Å². The van der Waals surface area contributed by atoms with Gasteiger partial charge in [-0.2, -0.15) is 0 Å². The summed E-state index contributed by atoms with van der Waals surface area (Å²) in [6.45, 7) is 2.06. The van der Waals surface area contributed by atoms with Crippen molar-refractivity contribution in [1.82, 2.24) is 14.7 Å². The second kappa shape index (κ2) is 7.94. The van der Waals surface area contributed by atoms with Gasteiger partial charge in [-0.15, -0.1) is 0 Å². The van der Waals surface area contributed by atoms with E-state index in [2.05, 4.69) is 0 Å². The molecular formula is C17H22N4O5. The third-order valence-electron chi connectivity index (χ3n) is 4.54. The summed E-state index contributed by atoms with van der Waals surface area (Å²) in [5.41, 5.74) is 0.645. The molecule has 26 heavy (non-hydrogen) atoms. The van der Waals surface area contributed by atoms with Crippen LogP contribution in [0.15, 0.2) is 24.3 Å². The maximum absolute atomic E-state index is 12.4. The standard InChI is InChI=1S/C17H22N4O5/c1-12(13-6-4-7-14(10-13)21(25)26)19(3)15(22)8-5-9-20-16(23)11-18(2)17(20)24/h4,6-7,10,12H,5,8-9,11H2,1-3H3/t12-/m0/s1. The number of nitrogens with zero attached hydrogens (tertiary/aromatic N) is 4. The lowest BCUT2D eigenvalue weighted by Gasteiger charge is -2.25. The minimum Gasteiger partial charge on any atom is -0.339 e. The fraction of sp³-hybridized carbons (Fsp3) is 0.471. The number of hydrogen-bond donors (Lipinski definition) is 0. The van der Waals surface area contributed by atoms with Crippen molar-refractivity contribution >= 4 is 23.5 Å². The molecular weight excluding hydrogens is 340 g/mol. The number of hydrogen-bond acceptors (Lipinski definition) is 5. The third kappa shape index (κ3) is 4.16. The first kappa shape index (κ1) is 19.4. The van der Waals surface area contributed by atoms with E-state index >= 15 is 0 Å². The van der Waals surface area contributed by atoms with Crippen LogP contribution in [0, 0.1) is 10.1 Å².